The van der Waals surface area contributed by atoms with Gasteiger partial charge in [0.1, 0.15) is 0 Å². The summed E-state index contributed by atoms with van der Waals surface area (Å²) in [6, 6.07) is 178. The van der Waals surface area contributed by atoms with Crippen LogP contribution in [0, 0.1) is 13.8 Å². The van der Waals surface area contributed by atoms with E-state index in [1.165, 1.54) is 196 Å². The van der Waals surface area contributed by atoms with Gasteiger partial charge in [-0.3, -0.25) is 0 Å². The third-order valence-corrected chi connectivity index (χ3v) is 33.4. The van der Waals surface area contributed by atoms with Crippen LogP contribution in [0.4, 0.5) is 68.2 Å². The number of anilines is 12. The summed E-state index contributed by atoms with van der Waals surface area (Å²) in [5.41, 5.74) is 27.0. The first-order chi connectivity index (χ1) is 69.9. The molecule has 27 aromatic rings. The van der Waals surface area contributed by atoms with Crippen molar-refractivity contribution < 1.29 is 0 Å². The van der Waals surface area contributed by atoms with E-state index in [9.17, 15) is 0 Å². The number of rotatable bonds is 16. The van der Waals surface area contributed by atoms with Crippen LogP contribution in [-0.4, -0.2) is 0 Å². The molecule has 4 heterocycles. The van der Waals surface area contributed by atoms with Gasteiger partial charge in [-0.15, -0.1) is 45.3 Å². The minimum absolute atomic E-state index is 0.0870. The standard InChI is InChI=1S/C68H46N2S2.C66H48N2S2/c1-43-15-11-17-49(39-43)69(47-35-31-45(32-36-47)51-25-13-27-59-57-23-7-9-29-65(57)71-67(51)59)63-41-61-54-20-4-6-22-56(54)64(42-62(61)53-19-3-5-21-55(53)63)70(50-18-12-16-44(2)40-50)48-37-33-46(34-38-48)52-26-14-28-60-58-24-8-10-30-66(58)72-68(52)60;1-66(2,3)45-36-41-56-59(42-45)63(68(47-20-8-5-9-21-47)49-39-34-44(35-40-49)51-27-17-29-58-53-23-13-15-31-61(53)70-65(51)58)55-25-11-10-24-54(55)62(56)67(46-18-6-4-7-19-46)48-37-32-43(33-38-48)50-26-16-28-57-52-22-12-14-30-60(52)69-64(50)57/h3-42H,1-2H3;4-42H,1-3H3. The van der Waals surface area contributed by atoms with Crippen molar-refractivity contribution in [3.05, 3.63) is 496 Å². The first-order valence-corrected chi connectivity index (χ1v) is 52.0. The molecule has 142 heavy (non-hydrogen) atoms. The van der Waals surface area contributed by atoms with E-state index >= 15 is 0 Å². The maximum atomic E-state index is 2.49. The molecular formula is C134H94N4S4. The quantitative estimate of drug-likeness (QED) is 0.0543. The summed E-state index contributed by atoms with van der Waals surface area (Å²) in [5, 5.41) is 22.5. The second-order valence-electron chi connectivity index (χ2n) is 38.2. The number of hydrogen-bond acceptors (Lipinski definition) is 8. The zero-order valence-electron chi connectivity index (χ0n) is 79.0. The van der Waals surface area contributed by atoms with Crippen molar-refractivity contribution in [2.24, 2.45) is 0 Å². The average Bonchev–Trinajstić information content (AvgIpc) is 1.55. The van der Waals surface area contributed by atoms with E-state index < -0.39 is 0 Å². The molecule has 0 spiro atoms. The largest absolute Gasteiger partial charge is 0.310 e. The van der Waals surface area contributed by atoms with Crippen molar-refractivity contribution in [1.29, 1.82) is 0 Å². The molecule has 4 nitrogen and oxygen atoms in total. The second-order valence-corrected chi connectivity index (χ2v) is 42.4. The van der Waals surface area contributed by atoms with Gasteiger partial charge in [-0.1, -0.05) is 360 Å². The van der Waals surface area contributed by atoms with E-state index in [-0.39, 0.29) is 5.41 Å². The molecule has 8 heteroatoms. The fraction of sp³-hybridized carbons (Fsp3) is 0.0448. The number of hydrogen-bond donors (Lipinski definition) is 0. The normalized spacial score (nSPS) is 11.8. The minimum Gasteiger partial charge on any atom is -0.310 e. The van der Waals surface area contributed by atoms with Crippen LogP contribution in [0.3, 0.4) is 0 Å². The molecule has 27 rings (SSSR count). The van der Waals surface area contributed by atoms with Crippen LogP contribution >= 0.6 is 45.3 Å². The minimum atomic E-state index is -0.0870. The number of benzene rings is 23. The van der Waals surface area contributed by atoms with Crippen LogP contribution in [0.5, 0.6) is 0 Å². The Morgan fingerprint density at radius 1 is 0.169 bits per heavy atom. The number of nitrogens with zero attached hydrogens (tertiary/aromatic N) is 4. The Labute approximate surface area is 841 Å². The highest BCUT2D eigenvalue weighted by atomic mass is 32.1. The molecule has 0 atom stereocenters. The summed E-state index contributed by atoms with van der Waals surface area (Å²) in [6.45, 7) is 11.3. The molecule has 4 aromatic heterocycles. The molecule has 0 radical (unpaired) electrons. The number of thiophene rings is 4. The fourth-order valence-corrected chi connectivity index (χ4v) is 26.7. The van der Waals surface area contributed by atoms with Gasteiger partial charge in [0, 0.05) is 159 Å². The number of aryl methyl sites for hydroxylation is 2. The molecule has 0 unspecified atom stereocenters. The molecule has 0 bridgehead atoms. The monoisotopic (exact) mass is 1890 g/mol. The average molecular weight is 1890 g/mol. The van der Waals surface area contributed by atoms with E-state index in [2.05, 4.69) is 533 Å². The maximum Gasteiger partial charge on any atom is 0.0620 e. The maximum absolute atomic E-state index is 2.49. The summed E-state index contributed by atoms with van der Waals surface area (Å²) in [6.07, 6.45) is 0. The summed E-state index contributed by atoms with van der Waals surface area (Å²) in [5.74, 6) is 0. The van der Waals surface area contributed by atoms with Crippen molar-refractivity contribution in [2.75, 3.05) is 19.6 Å². The first kappa shape index (κ1) is 85.8. The lowest BCUT2D eigenvalue weighted by Crippen LogP contribution is -2.16. The molecule has 0 saturated carbocycles. The highest BCUT2D eigenvalue weighted by Gasteiger charge is 2.30. The summed E-state index contributed by atoms with van der Waals surface area (Å²) >= 11 is 7.52. The molecule has 0 fully saturated rings. The van der Waals surface area contributed by atoms with Gasteiger partial charge in [0.25, 0.3) is 0 Å². The second kappa shape index (κ2) is 35.4. The van der Waals surface area contributed by atoms with Gasteiger partial charge in [0.15, 0.2) is 0 Å². The number of fused-ring (bicyclic) bond motifs is 19. The van der Waals surface area contributed by atoms with Crippen LogP contribution in [0.2, 0.25) is 0 Å². The topological polar surface area (TPSA) is 13.0 Å². The zero-order chi connectivity index (χ0) is 94.8. The van der Waals surface area contributed by atoms with Gasteiger partial charge in [0.05, 0.1) is 22.7 Å². The summed E-state index contributed by atoms with van der Waals surface area (Å²) in [4.78, 5) is 9.88. The van der Waals surface area contributed by atoms with E-state index in [4.69, 9.17) is 0 Å². The Bertz CT molecular complexity index is 9340. The lowest BCUT2D eigenvalue weighted by atomic mass is 9.84. The van der Waals surface area contributed by atoms with Crippen molar-refractivity contribution in [2.45, 2.75) is 40.0 Å². The highest BCUT2D eigenvalue weighted by Crippen LogP contribution is 2.56. The van der Waals surface area contributed by atoms with Crippen molar-refractivity contribution in [3.8, 4) is 44.5 Å². The fourth-order valence-electron chi connectivity index (χ4n) is 21.8. The first-order valence-electron chi connectivity index (χ1n) is 48.7. The van der Waals surface area contributed by atoms with Gasteiger partial charge >= 0.3 is 0 Å². The predicted octanol–water partition coefficient (Wildman–Crippen LogP) is 41.1. The highest BCUT2D eigenvalue weighted by molar-refractivity contribution is 7.27. The molecule has 0 aliphatic heterocycles. The molecule has 23 aromatic carbocycles. The Kier molecular flexibility index (Phi) is 21.4. The Hall–Kier alpha value is -16.6. The third-order valence-electron chi connectivity index (χ3n) is 28.5. The van der Waals surface area contributed by atoms with Crippen LogP contribution in [0.25, 0.3) is 179 Å². The van der Waals surface area contributed by atoms with E-state index in [0.717, 1.165) is 68.2 Å². The van der Waals surface area contributed by atoms with E-state index in [1.54, 1.807) is 0 Å². The summed E-state index contributed by atoms with van der Waals surface area (Å²) < 4.78 is 10.6. The van der Waals surface area contributed by atoms with Gasteiger partial charge in [-0.05, 0) is 242 Å². The van der Waals surface area contributed by atoms with Crippen molar-refractivity contribution in [1.82, 2.24) is 0 Å². The molecule has 0 aliphatic carbocycles. The Morgan fingerprint density at radius 2 is 0.423 bits per heavy atom. The van der Waals surface area contributed by atoms with Gasteiger partial charge in [-0.25, -0.2) is 0 Å². The van der Waals surface area contributed by atoms with E-state index in [0.29, 0.717) is 0 Å². The van der Waals surface area contributed by atoms with Crippen molar-refractivity contribution >= 4 is 248 Å². The van der Waals surface area contributed by atoms with Crippen molar-refractivity contribution in [3.63, 3.8) is 0 Å². The molecule has 0 aliphatic rings. The van der Waals surface area contributed by atoms with E-state index in [1.807, 2.05) is 45.3 Å². The Balaban J connectivity index is 0.000000146. The van der Waals surface area contributed by atoms with Gasteiger partial charge in [0.2, 0.25) is 0 Å². The van der Waals surface area contributed by atoms with Gasteiger partial charge in [-0.2, -0.15) is 0 Å². The van der Waals surface area contributed by atoms with Crippen LogP contribution < -0.4 is 19.6 Å². The molecular weight excluding hydrogens is 1790 g/mol. The molecule has 0 N–H and O–H groups in total. The Morgan fingerprint density at radius 3 is 0.746 bits per heavy atom. The molecule has 0 amide bonds. The van der Waals surface area contributed by atoms with Crippen LogP contribution in [0.15, 0.2) is 479 Å². The smallest absolute Gasteiger partial charge is 0.0620 e. The van der Waals surface area contributed by atoms with Gasteiger partial charge < -0.3 is 19.6 Å². The SMILES string of the molecule is CC(C)(C)c1ccc2c(N(c3ccccc3)c3ccc(-c4cccc5c4sc4ccccc45)cc3)c3ccccc3c(N(c3ccccc3)c3ccc(-c4cccc5c4sc4ccccc45)cc3)c2c1.Cc1cccc(N(c2ccc(-c3cccc4c3sc3ccccc34)cc2)c2cc3c4ccccc4c(N(c4ccc(-c5cccc6c5sc5ccccc56)cc4)c4cccc(C)c4)cc3c3ccccc23)c1. The summed E-state index contributed by atoms with van der Waals surface area (Å²) in [7, 11) is 0. The van der Waals surface area contributed by atoms with Crippen LogP contribution in [0.1, 0.15) is 37.5 Å². The lowest BCUT2D eigenvalue weighted by molar-refractivity contribution is 0.591. The predicted molar refractivity (Wildman–Crippen MR) is 621 cm³/mol. The molecule has 0 saturated heterocycles. The number of para-hydroxylation sites is 2. The van der Waals surface area contributed by atoms with Crippen LogP contribution in [-0.2, 0) is 5.41 Å². The third kappa shape index (κ3) is 15.0. The molecule has 674 valence electrons. The zero-order valence-corrected chi connectivity index (χ0v) is 82.3. The lowest BCUT2D eigenvalue weighted by Gasteiger charge is -2.33.